The van der Waals surface area contributed by atoms with Gasteiger partial charge in [0.05, 0.1) is 44.5 Å². The number of aromatic nitrogens is 2. The third-order valence-electron chi connectivity index (χ3n) is 17.0. The number of para-hydroxylation sites is 3. The summed E-state index contributed by atoms with van der Waals surface area (Å²) in [7, 11) is 0. The maximum absolute atomic E-state index is 2.59. The van der Waals surface area contributed by atoms with Crippen LogP contribution < -0.4 is 4.90 Å². The lowest BCUT2D eigenvalue weighted by Crippen LogP contribution is -2.15. The second-order valence-corrected chi connectivity index (χ2v) is 23.7. The lowest BCUT2D eigenvalue weighted by Gasteiger charge is -2.30. The van der Waals surface area contributed by atoms with Crippen LogP contribution in [0.25, 0.3) is 98.4 Å². The quantitative estimate of drug-likeness (QED) is 0.138. The molecule has 0 bridgehead atoms. The van der Waals surface area contributed by atoms with Gasteiger partial charge in [-0.25, -0.2) is 0 Å². The molecule has 0 saturated carbocycles. The van der Waals surface area contributed by atoms with Gasteiger partial charge in [-0.15, -0.1) is 0 Å². The third-order valence-corrected chi connectivity index (χ3v) is 17.0. The second-order valence-electron chi connectivity index (χ2n) is 23.7. The summed E-state index contributed by atoms with van der Waals surface area (Å²) < 4.78 is 5.15. The second kappa shape index (κ2) is 17.2. The van der Waals surface area contributed by atoms with Crippen LogP contribution in [0.4, 0.5) is 17.1 Å². The van der Waals surface area contributed by atoms with Crippen LogP contribution in [-0.4, -0.2) is 8.80 Å². The van der Waals surface area contributed by atoms with E-state index in [2.05, 4.69) is 298 Å². The number of rotatable bonds is 8. The first-order valence-corrected chi connectivity index (χ1v) is 27.6. The zero-order valence-corrected chi connectivity index (χ0v) is 45.0. The van der Waals surface area contributed by atoms with Gasteiger partial charge in [0.25, 0.3) is 0 Å². The molecule has 15 aromatic rings. The predicted octanol–water partition coefficient (Wildman–Crippen LogP) is 20.6. The fourth-order valence-corrected chi connectivity index (χ4v) is 13.3. The van der Waals surface area contributed by atoms with E-state index in [1.807, 2.05) is 0 Å². The number of anilines is 3. The molecule has 4 heterocycles. The van der Waals surface area contributed by atoms with Gasteiger partial charge in [0.15, 0.2) is 0 Å². The summed E-state index contributed by atoms with van der Waals surface area (Å²) >= 11 is 0. The molecule has 0 radical (unpaired) electrons. The standard InChI is InChI=1S/C75H59N3/c1-74(2,3)50-35-37-53(59(43-50)47-23-11-7-12-24-47)69(49-27-15-9-16-28-49)58-39-38-54-61-45-68-62(46-67(61)77-63-33-21-19-31-56(63)70(58)72(54)77)55-40-42-66(71-57-32-20-22-34-64(57)78(68)73(55)71)76(52-29-17-10-18-30-52)65-41-36-51(75(4,5)6)44-60(65)48-25-13-8-14-26-48/h7-46,69H,1-6H3. The number of hydrogen-bond donors (Lipinski definition) is 0. The summed E-state index contributed by atoms with van der Waals surface area (Å²) in [5, 5.41) is 10.1. The number of fused-ring (bicyclic) bond motifs is 12. The Balaban J connectivity index is 1.00. The van der Waals surface area contributed by atoms with Crippen molar-refractivity contribution in [1.82, 2.24) is 8.80 Å². The van der Waals surface area contributed by atoms with E-state index >= 15 is 0 Å². The summed E-state index contributed by atoms with van der Waals surface area (Å²) in [6, 6.07) is 91.3. The predicted molar refractivity (Wildman–Crippen MR) is 333 cm³/mol. The Morgan fingerprint density at radius 1 is 0.333 bits per heavy atom. The molecule has 15 rings (SSSR count). The van der Waals surface area contributed by atoms with Crippen LogP contribution >= 0.6 is 0 Å². The molecule has 78 heavy (non-hydrogen) atoms. The van der Waals surface area contributed by atoms with Gasteiger partial charge < -0.3 is 13.7 Å². The molecule has 0 N–H and O–H groups in total. The monoisotopic (exact) mass is 1000 g/mol. The summed E-state index contributed by atoms with van der Waals surface area (Å²) in [5.41, 5.74) is 22.3. The highest BCUT2D eigenvalue weighted by Crippen LogP contribution is 2.52. The van der Waals surface area contributed by atoms with Crippen molar-refractivity contribution in [3.05, 3.63) is 270 Å². The summed E-state index contributed by atoms with van der Waals surface area (Å²) in [6.45, 7) is 13.9. The number of benzene rings is 11. The lowest BCUT2D eigenvalue weighted by atomic mass is 9.77. The molecule has 3 heteroatoms. The molecule has 374 valence electrons. The molecule has 4 aromatic heterocycles. The van der Waals surface area contributed by atoms with Crippen molar-refractivity contribution < 1.29 is 0 Å². The normalized spacial score (nSPS) is 12.9. The number of nitrogens with zero attached hydrogens (tertiary/aromatic N) is 3. The van der Waals surface area contributed by atoms with Crippen molar-refractivity contribution in [1.29, 1.82) is 0 Å². The minimum Gasteiger partial charge on any atom is -0.309 e. The van der Waals surface area contributed by atoms with Gasteiger partial charge in [-0.05, 0) is 110 Å². The molecule has 0 aliphatic rings. The summed E-state index contributed by atoms with van der Waals surface area (Å²) in [5.74, 6) is -0.0336. The largest absolute Gasteiger partial charge is 0.309 e. The van der Waals surface area contributed by atoms with Crippen LogP contribution in [0, 0.1) is 0 Å². The van der Waals surface area contributed by atoms with Gasteiger partial charge in [0, 0.05) is 60.3 Å². The highest BCUT2D eigenvalue weighted by molar-refractivity contribution is 6.31. The molecule has 3 nitrogen and oxygen atoms in total. The van der Waals surface area contributed by atoms with E-state index in [0.717, 1.165) is 17.1 Å². The van der Waals surface area contributed by atoms with E-state index in [1.54, 1.807) is 0 Å². The fraction of sp³-hybridized carbons (Fsp3) is 0.120. The van der Waals surface area contributed by atoms with Crippen molar-refractivity contribution in [3.8, 4) is 22.3 Å². The van der Waals surface area contributed by atoms with E-state index < -0.39 is 0 Å². The summed E-state index contributed by atoms with van der Waals surface area (Å²) in [6.07, 6.45) is 0. The van der Waals surface area contributed by atoms with Crippen LogP contribution in [0.2, 0.25) is 0 Å². The minimum absolute atomic E-state index is 0.00695. The third kappa shape index (κ3) is 6.90. The maximum atomic E-state index is 2.59. The van der Waals surface area contributed by atoms with E-state index in [1.165, 1.54) is 126 Å². The molecule has 1 atom stereocenters. The Hall–Kier alpha value is -9.18. The lowest BCUT2D eigenvalue weighted by molar-refractivity contribution is 0.590. The average Bonchev–Trinajstić information content (AvgIpc) is 2.91. The van der Waals surface area contributed by atoms with Gasteiger partial charge in [0.1, 0.15) is 0 Å². The van der Waals surface area contributed by atoms with E-state index in [0.29, 0.717) is 0 Å². The van der Waals surface area contributed by atoms with Crippen molar-refractivity contribution in [2.45, 2.75) is 58.3 Å². The van der Waals surface area contributed by atoms with Gasteiger partial charge in [-0.1, -0.05) is 230 Å². The van der Waals surface area contributed by atoms with Crippen molar-refractivity contribution in [2.75, 3.05) is 4.90 Å². The molecular weight excluding hydrogens is 943 g/mol. The first kappa shape index (κ1) is 46.1. The molecule has 11 aromatic carbocycles. The molecular formula is C75H59N3. The highest BCUT2D eigenvalue weighted by Gasteiger charge is 2.31. The molecule has 1 unspecified atom stereocenters. The van der Waals surface area contributed by atoms with Crippen LogP contribution in [0.1, 0.15) is 75.3 Å². The Bertz CT molecular complexity index is 4470. The smallest absolute Gasteiger partial charge is 0.0641 e. The average molecular weight is 1000 g/mol. The zero-order valence-electron chi connectivity index (χ0n) is 45.0. The van der Waals surface area contributed by atoms with E-state index in [4.69, 9.17) is 0 Å². The van der Waals surface area contributed by atoms with Gasteiger partial charge >= 0.3 is 0 Å². The molecule has 0 aliphatic heterocycles. The number of hydrogen-bond acceptors (Lipinski definition) is 1. The minimum atomic E-state index is -0.0336. The Morgan fingerprint density at radius 3 is 1.37 bits per heavy atom. The maximum Gasteiger partial charge on any atom is 0.0641 e. The Labute approximate surface area is 455 Å². The summed E-state index contributed by atoms with van der Waals surface area (Å²) in [4.78, 5) is 2.51. The van der Waals surface area contributed by atoms with E-state index in [9.17, 15) is 0 Å². The van der Waals surface area contributed by atoms with Crippen LogP contribution in [0.5, 0.6) is 0 Å². The topological polar surface area (TPSA) is 12.1 Å². The molecule has 0 spiro atoms. The highest BCUT2D eigenvalue weighted by atomic mass is 15.1. The first-order valence-electron chi connectivity index (χ1n) is 27.6. The van der Waals surface area contributed by atoms with Gasteiger partial charge in [-0.2, -0.15) is 0 Å². The van der Waals surface area contributed by atoms with Crippen molar-refractivity contribution in [2.24, 2.45) is 0 Å². The molecule has 0 aliphatic carbocycles. The molecule has 0 amide bonds. The SMILES string of the molecule is CC(C)(C)c1ccc(C(c2ccccc2)c2ccc3c4cc5c(cc4n4c6ccccc6c2c34)c2ccc(N(c3ccccc3)c3ccc(C(C)(C)C)cc3-c3ccccc3)c3c4ccccc4n5c23)c(-c2ccccc2)c1. The zero-order chi connectivity index (χ0) is 52.6. The van der Waals surface area contributed by atoms with Crippen LogP contribution in [0.15, 0.2) is 243 Å². The Morgan fingerprint density at radius 2 is 0.782 bits per heavy atom. The molecule has 0 fully saturated rings. The van der Waals surface area contributed by atoms with Gasteiger partial charge in [0.2, 0.25) is 0 Å². The van der Waals surface area contributed by atoms with Crippen LogP contribution in [0.3, 0.4) is 0 Å². The first-order chi connectivity index (χ1) is 38.0. The van der Waals surface area contributed by atoms with Gasteiger partial charge in [-0.3, -0.25) is 0 Å². The Kier molecular flexibility index (Phi) is 10.2. The van der Waals surface area contributed by atoms with Crippen LogP contribution in [-0.2, 0) is 10.8 Å². The van der Waals surface area contributed by atoms with Crippen molar-refractivity contribution >= 4 is 93.3 Å². The fourth-order valence-electron chi connectivity index (χ4n) is 13.3. The van der Waals surface area contributed by atoms with Crippen molar-refractivity contribution in [3.63, 3.8) is 0 Å². The van der Waals surface area contributed by atoms with E-state index in [-0.39, 0.29) is 16.7 Å². The molecule has 0 saturated heterocycles.